The number of phenols is 1. The number of methoxy groups -OCH3 is 2. The van der Waals surface area contributed by atoms with Crippen molar-refractivity contribution in [3.63, 3.8) is 0 Å². The molecule has 1 rings (SSSR count). The minimum atomic E-state index is -0.312. The molecule has 0 saturated heterocycles. The molecule has 0 amide bonds. The molecule has 0 heterocycles. The van der Waals surface area contributed by atoms with E-state index in [-0.39, 0.29) is 30.8 Å². The van der Waals surface area contributed by atoms with Gasteiger partial charge in [0.25, 0.3) is 0 Å². The molecular weight excluding hydrogens is 246 g/mol. The van der Waals surface area contributed by atoms with Gasteiger partial charge in [-0.05, 0) is 24.1 Å². The first-order chi connectivity index (χ1) is 7.63. The van der Waals surface area contributed by atoms with E-state index in [4.69, 9.17) is 20.3 Å². The van der Waals surface area contributed by atoms with Crippen molar-refractivity contribution in [1.29, 1.82) is 0 Å². The van der Waals surface area contributed by atoms with Crippen molar-refractivity contribution in [3.8, 4) is 17.2 Å². The molecule has 1 aromatic rings. The summed E-state index contributed by atoms with van der Waals surface area (Å²) in [6.45, 7) is 0.00662. The van der Waals surface area contributed by atoms with Crippen LogP contribution >= 0.6 is 12.4 Å². The lowest BCUT2D eigenvalue weighted by Gasteiger charge is -2.15. The highest BCUT2D eigenvalue weighted by Gasteiger charge is 2.14. The van der Waals surface area contributed by atoms with Gasteiger partial charge in [-0.25, -0.2) is 0 Å². The lowest BCUT2D eigenvalue weighted by Crippen LogP contribution is -2.12. The summed E-state index contributed by atoms with van der Waals surface area (Å²) < 4.78 is 10.0. The predicted molar refractivity (Wildman–Crippen MR) is 67.1 cm³/mol. The Morgan fingerprint density at radius 3 is 2.06 bits per heavy atom. The summed E-state index contributed by atoms with van der Waals surface area (Å²) in [6, 6.07) is 2.96. The highest BCUT2D eigenvalue weighted by molar-refractivity contribution is 5.85. The molecule has 1 unspecified atom stereocenters. The number of aliphatic hydroxyl groups excluding tert-OH is 1. The second-order valence-electron chi connectivity index (χ2n) is 3.39. The molecule has 0 spiro atoms. The van der Waals surface area contributed by atoms with E-state index in [2.05, 4.69) is 0 Å². The number of ether oxygens (including phenoxy) is 2. The van der Waals surface area contributed by atoms with Crippen LogP contribution in [0.25, 0.3) is 0 Å². The molecule has 4 N–H and O–H groups in total. The zero-order valence-corrected chi connectivity index (χ0v) is 10.7. The van der Waals surface area contributed by atoms with Gasteiger partial charge >= 0.3 is 0 Å². The maximum absolute atomic E-state index is 9.68. The fraction of sp³-hybridized carbons (Fsp3) is 0.455. The van der Waals surface area contributed by atoms with Crippen LogP contribution in [0, 0.1) is 0 Å². The van der Waals surface area contributed by atoms with Gasteiger partial charge in [0.05, 0.1) is 14.2 Å². The van der Waals surface area contributed by atoms with E-state index >= 15 is 0 Å². The summed E-state index contributed by atoms with van der Waals surface area (Å²) in [5.74, 6) is 0.565. The highest BCUT2D eigenvalue weighted by atomic mass is 35.5. The van der Waals surface area contributed by atoms with E-state index in [0.29, 0.717) is 17.9 Å². The van der Waals surface area contributed by atoms with E-state index in [1.165, 1.54) is 14.2 Å². The molecule has 98 valence electrons. The molecule has 0 radical (unpaired) electrons. The monoisotopic (exact) mass is 263 g/mol. The Morgan fingerprint density at radius 1 is 1.24 bits per heavy atom. The van der Waals surface area contributed by atoms with E-state index < -0.39 is 0 Å². The van der Waals surface area contributed by atoms with E-state index in [1.54, 1.807) is 12.1 Å². The second kappa shape index (κ2) is 7.21. The van der Waals surface area contributed by atoms with Crippen LogP contribution in [0.5, 0.6) is 17.2 Å². The Bertz CT molecular complexity index is 334. The molecule has 0 bridgehead atoms. The second-order valence-corrected chi connectivity index (χ2v) is 3.39. The van der Waals surface area contributed by atoms with Gasteiger partial charge in [-0.1, -0.05) is 0 Å². The lowest BCUT2D eigenvalue weighted by molar-refractivity contribution is 0.276. The molecular formula is C11H18ClNO4. The summed E-state index contributed by atoms with van der Waals surface area (Å²) in [5.41, 5.74) is 6.60. The van der Waals surface area contributed by atoms with Crippen molar-refractivity contribution < 1.29 is 19.7 Å². The largest absolute Gasteiger partial charge is 0.502 e. The minimum Gasteiger partial charge on any atom is -0.502 e. The third-order valence-corrected chi connectivity index (χ3v) is 2.37. The van der Waals surface area contributed by atoms with Crippen molar-refractivity contribution in [2.24, 2.45) is 5.73 Å². The lowest BCUT2D eigenvalue weighted by atomic mass is 10.0. The topological polar surface area (TPSA) is 84.9 Å². The molecule has 0 saturated carbocycles. The highest BCUT2D eigenvalue weighted by Crippen LogP contribution is 2.38. The van der Waals surface area contributed by atoms with Crippen LogP contribution in [-0.2, 0) is 0 Å². The first-order valence-electron chi connectivity index (χ1n) is 4.95. The molecule has 1 aromatic carbocycles. The number of aliphatic hydroxyl groups is 1. The van der Waals surface area contributed by atoms with Gasteiger partial charge in [-0.15, -0.1) is 12.4 Å². The predicted octanol–water partition coefficient (Wildman–Crippen LogP) is 1.21. The molecule has 0 aliphatic heterocycles. The van der Waals surface area contributed by atoms with E-state index in [0.717, 1.165) is 5.56 Å². The van der Waals surface area contributed by atoms with Crippen molar-refractivity contribution in [3.05, 3.63) is 17.7 Å². The average molecular weight is 264 g/mol. The molecule has 17 heavy (non-hydrogen) atoms. The zero-order valence-electron chi connectivity index (χ0n) is 9.84. The molecule has 0 fully saturated rings. The number of halogens is 1. The van der Waals surface area contributed by atoms with Gasteiger partial charge < -0.3 is 25.4 Å². The Balaban J connectivity index is 0.00000256. The number of benzene rings is 1. The maximum Gasteiger partial charge on any atom is 0.200 e. The standard InChI is InChI=1S/C11H17NO4.ClH/c1-15-9-5-7(8(12)3-4-13)6-10(16-2)11(9)14;/h5-6,8,13-14H,3-4,12H2,1-2H3;1H. The van der Waals surface area contributed by atoms with Gasteiger partial charge in [-0.2, -0.15) is 0 Å². The van der Waals surface area contributed by atoms with Gasteiger partial charge in [-0.3, -0.25) is 0 Å². The van der Waals surface area contributed by atoms with Gasteiger partial charge in [0.2, 0.25) is 5.75 Å². The molecule has 0 aromatic heterocycles. The van der Waals surface area contributed by atoms with Gasteiger partial charge in [0.15, 0.2) is 11.5 Å². The minimum absolute atomic E-state index is 0. The Morgan fingerprint density at radius 2 is 1.71 bits per heavy atom. The number of nitrogens with two attached hydrogens (primary N) is 1. The van der Waals surface area contributed by atoms with Crippen LogP contribution < -0.4 is 15.2 Å². The van der Waals surface area contributed by atoms with Crippen LogP contribution in [0.4, 0.5) is 0 Å². The summed E-state index contributed by atoms with van der Waals surface area (Å²) in [7, 11) is 2.91. The number of hydrogen-bond acceptors (Lipinski definition) is 5. The average Bonchev–Trinajstić information content (AvgIpc) is 2.29. The fourth-order valence-corrected chi connectivity index (χ4v) is 1.43. The first kappa shape index (κ1) is 15.8. The van der Waals surface area contributed by atoms with Crippen LogP contribution in [0.15, 0.2) is 12.1 Å². The van der Waals surface area contributed by atoms with Gasteiger partial charge in [0, 0.05) is 12.6 Å². The van der Waals surface area contributed by atoms with Crippen molar-refractivity contribution in [2.75, 3.05) is 20.8 Å². The van der Waals surface area contributed by atoms with Crippen LogP contribution in [-0.4, -0.2) is 31.0 Å². The van der Waals surface area contributed by atoms with Crippen molar-refractivity contribution in [2.45, 2.75) is 12.5 Å². The molecule has 6 heteroatoms. The molecule has 5 nitrogen and oxygen atoms in total. The van der Waals surface area contributed by atoms with Crippen LogP contribution in [0.3, 0.4) is 0 Å². The van der Waals surface area contributed by atoms with Crippen molar-refractivity contribution >= 4 is 12.4 Å². The fourth-order valence-electron chi connectivity index (χ4n) is 1.43. The van der Waals surface area contributed by atoms with E-state index in [1.807, 2.05) is 0 Å². The quantitative estimate of drug-likeness (QED) is 0.744. The Kier molecular flexibility index (Phi) is 6.72. The Labute approximate surface area is 107 Å². The third-order valence-electron chi connectivity index (χ3n) is 2.37. The molecule has 0 aliphatic carbocycles. The smallest absolute Gasteiger partial charge is 0.200 e. The summed E-state index contributed by atoms with van der Waals surface area (Å²) >= 11 is 0. The van der Waals surface area contributed by atoms with Crippen molar-refractivity contribution in [1.82, 2.24) is 0 Å². The van der Waals surface area contributed by atoms with Gasteiger partial charge in [0.1, 0.15) is 0 Å². The summed E-state index contributed by atoms with van der Waals surface area (Å²) in [5, 5.41) is 18.5. The maximum atomic E-state index is 9.68. The van der Waals surface area contributed by atoms with Crippen LogP contribution in [0.2, 0.25) is 0 Å². The number of aromatic hydroxyl groups is 1. The number of rotatable bonds is 5. The normalized spacial score (nSPS) is 11.5. The molecule has 0 aliphatic rings. The Hall–Kier alpha value is -1.17. The number of hydrogen-bond donors (Lipinski definition) is 3. The first-order valence-corrected chi connectivity index (χ1v) is 4.95. The summed E-state index contributed by atoms with van der Waals surface area (Å²) in [4.78, 5) is 0. The number of phenolic OH excluding ortho intramolecular Hbond substituents is 1. The van der Waals surface area contributed by atoms with E-state index in [9.17, 15) is 5.11 Å². The summed E-state index contributed by atoms with van der Waals surface area (Å²) in [6.07, 6.45) is 0.442. The zero-order chi connectivity index (χ0) is 12.1. The van der Waals surface area contributed by atoms with Crippen LogP contribution in [0.1, 0.15) is 18.0 Å². The third kappa shape index (κ3) is 3.66. The molecule has 1 atom stereocenters. The SMILES string of the molecule is COc1cc(C(N)CCO)cc(OC)c1O.Cl.